The van der Waals surface area contributed by atoms with Crippen molar-refractivity contribution in [3.63, 3.8) is 0 Å². The first-order valence-electron chi connectivity index (χ1n) is 4.75. The van der Waals surface area contributed by atoms with Crippen LogP contribution in [0.2, 0.25) is 0 Å². The van der Waals surface area contributed by atoms with Gasteiger partial charge < -0.3 is 5.32 Å². The van der Waals surface area contributed by atoms with Gasteiger partial charge in [0, 0.05) is 5.69 Å². The highest BCUT2D eigenvalue weighted by Crippen LogP contribution is 2.24. The predicted molar refractivity (Wildman–Crippen MR) is 66.6 cm³/mol. The van der Waals surface area contributed by atoms with Crippen molar-refractivity contribution in [2.24, 2.45) is 0 Å². The van der Waals surface area contributed by atoms with Crippen LogP contribution in [0.25, 0.3) is 0 Å². The molecule has 0 saturated heterocycles. The van der Waals surface area contributed by atoms with Crippen molar-refractivity contribution in [1.82, 2.24) is 9.59 Å². The monoisotopic (exact) mass is 289 g/mol. The maximum Gasteiger partial charge on any atom is 0.283 e. The minimum Gasteiger partial charge on any atom is -0.345 e. The molecule has 18 heavy (non-hydrogen) atoms. The maximum absolute atomic E-state index is 12.9. The van der Waals surface area contributed by atoms with Crippen LogP contribution < -0.4 is 5.32 Å². The van der Waals surface area contributed by atoms with E-state index in [9.17, 15) is 13.2 Å². The Labute approximate surface area is 110 Å². The van der Waals surface area contributed by atoms with Crippen LogP contribution in [0.3, 0.4) is 0 Å². The lowest BCUT2D eigenvalue weighted by Gasteiger charge is -2.06. The predicted octanol–water partition coefficient (Wildman–Crippen LogP) is 3.40. The molecule has 0 atom stereocenters. The van der Waals surface area contributed by atoms with Crippen molar-refractivity contribution in [2.45, 2.75) is 6.43 Å². The molecule has 8 heteroatoms. The molecule has 0 spiro atoms. The first-order chi connectivity index (χ1) is 8.58. The number of thiocarbonyl (C=S) groups is 1. The van der Waals surface area contributed by atoms with Gasteiger partial charge in [-0.3, -0.25) is 0 Å². The molecule has 0 aliphatic rings. The SMILES string of the molecule is Fc1cccc(NC(=S)c2snnc2C(F)F)c1. The van der Waals surface area contributed by atoms with E-state index >= 15 is 0 Å². The molecular formula is C10H6F3N3S2. The lowest BCUT2D eigenvalue weighted by molar-refractivity contribution is 0.146. The Morgan fingerprint density at radius 2 is 2.17 bits per heavy atom. The Hall–Kier alpha value is -1.54. The van der Waals surface area contributed by atoms with Crippen molar-refractivity contribution in [2.75, 3.05) is 5.32 Å². The summed E-state index contributed by atoms with van der Waals surface area (Å²) in [6, 6.07) is 5.54. The second-order valence-electron chi connectivity index (χ2n) is 3.25. The minimum absolute atomic E-state index is 0.0471. The molecule has 0 bridgehead atoms. The molecule has 0 saturated carbocycles. The summed E-state index contributed by atoms with van der Waals surface area (Å²) in [4.78, 5) is 0.134. The number of rotatable bonds is 3. The first-order valence-corrected chi connectivity index (χ1v) is 5.93. The molecule has 1 aromatic carbocycles. The molecule has 0 aliphatic heterocycles. The van der Waals surface area contributed by atoms with Gasteiger partial charge in [-0.15, -0.1) is 5.10 Å². The molecule has 1 aromatic heterocycles. The topological polar surface area (TPSA) is 37.8 Å². The second-order valence-corrected chi connectivity index (χ2v) is 4.41. The Morgan fingerprint density at radius 1 is 1.39 bits per heavy atom. The fraction of sp³-hybridized carbons (Fsp3) is 0.100. The average Bonchev–Trinajstić information content (AvgIpc) is 2.77. The first kappa shape index (κ1) is 12.9. The van der Waals surface area contributed by atoms with Gasteiger partial charge in [0.25, 0.3) is 6.43 Å². The van der Waals surface area contributed by atoms with Crippen molar-refractivity contribution < 1.29 is 13.2 Å². The van der Waals surface area contributed by atoms with Crippen LogP contribution in [-0.4, -0.2) is 14.6 Å². The molecule has 0 aliphatic carbocycles. The summed E-state index contributed by atoms with van der Waals surface area (Å²) in [5.41, 5.74) is -0.0810. The number of halogens is 3. The Balaban J connectivity index is 2.20. The van der Waals surface area contributed by atoms with Crippen molar-refractivity contribution in [3.05, 3.63) is 40.7 Å². The zero-order valence-corrected chi connectivity index (χ0v) is 10.4. The van der Waals surface area contributed by atoms with Crippen molar-refractivity contribution >= 4 is 34.4 Å². The third kappa shape index (κ3) is 2.82. The van der Waals surface area contributed by atoms with Crippen molar-refractivity contribution in [3.8, 4) is 0 Å². The van der Waals surface area contributed by atoms with Gasteiger partial charge in [0.2, 0.25) is 0 Å². The van der Waals surface area contributed by atoms with E-state index in [1.54, 1.807) is 6.07 Å². The Bertz CT molecular complexity index is 571. The number of benzene rings is 1. The maximum atomic E-state index is 12.9. The number of hydrogen-bond acceptors (Lipinski definition) is 4. The van der Waals surface area contributed by atoms with Crippen LogP contribution in [0.4, 0.5) is 18.9 Å². The van der Waals surface area contributed by atoms with Gasteiger partial charge in [0.1, 0.15) is 15.7 Å². The summed E-state index contributed by atoms with van der Waals surface area (Å²) in [5.74, 6) is -0.445. The third-order valence-electron chi connectivity index (χ3n) is 2.01. The van der Waals surface area contributed by atoms with Gasteiger partial charge in [-0.1, -0.05) is 22.8 Å². The highest BCUT2D eigenvalue weighted by atomic mass is 32.1. The smallest absolute Gasteiger partial charge is 0.283 e. The molecule has 2 rings (SSSR count). The van der Waals surface area contributed by atoms with Crippen LogP contribution in [0.1, 0.15) is 17.0 Å². The summed E-state index contributed by atoms with van der Waals surface area (Å²) in [6.07, 6.45) is -2.74. The molecule has 0 amide bonds. The summed E-state index contributed by atoms with van der Waals surface area (Å²) in [6.45, 7) is 0. The van der Waals surface area contributed by atoms with Gasteiger partial charge in [0.15, 0.2) is 5.69 Å². The standard InChI is InChI=1S/C10H6F3N3S2/c11-5-2-1-3-6(4-5)14-10(17)8-7(9(12)13)15-16-18-8/h1-4,9H,(H,14,17). The van der Waals surface area contributed by atoms with Gasteiger partial charge in [-0.05, 0) is 29.7 Å². The quantitative estimate of drug-likeness (QED) is 0.879. The largest absolute Gasteiger partial charge is 0.345 e. The molecule has 1 heterocycles. The molecule has 1 N–H and O–H groups in total. The van der Waals surface area contributed by atoms with Crippen LogP contribution >= 0.6 is 23.8 Å². The van der Waals surface area contributed by atoms with Gasteiger partial charge >= 0.3 is 0 Å². The number of anilines is 1. The minimum atomic E-state index is -2.74. The normalized spacial score (nSPS) is 10.7. The highest BCUT2D eigenvalue weighted by Gasteiger charge is 2.20. The molecule has 0 radical (unpaired) electrons. The van der Waals surface area contributed by atoms with E-state index < -0.39 is 17.9 Å². The van der Waals surface area contributed by atoms with Crippen LogP contribution in [0.5, 0.6) is 0 Å². The van der Waals surface area contributed by atoms with Gasteiger partial charge in [0.05, 0.1) is 0 Å². The van der Waals surface area contributed by atoms with Gasteiger partial charge in [-0.25, -0.2) is 13.2 Å². The van der Waals surface area contributed by atoms with E-state index in [0.717, 1.165) is 11.5 Å². The molecule has 2 aromatic rings. The van der Waals surface area contributed by atoms with E-state index in [1.165, 1.54) is 18.2 Å². The number of nitrogens with zero attached hydrogens (tertiary/aromatic N) is 2. The lowest BCUT2D eigenvalue weighted by Crippen LogP contribution is -2.11. The van der Waals surface area contributed by atoms with E-state index in [0.29, 0.717) is 5.69 Å². The van der Waals surface area contributed by atoms with E-state index in [4.69, 9.17) is 12.2 Å². The van der Waals surface area contributed by atoms with E-state index in [-0.39, 0.29) is 9.87 Å². The Morgan fingerprint density at radius 3 is 2.83 bits per heavy atom. The molecular weight excluding hydrogens is 283 g/mol. The fourth-order valence-electron chi connectivity index (χ4n) is 1.25. The van der Waals surface area contributed by atoms with Crippen molar-refractivity contribution in [1.29, 1.82) is 0 Å². The highest BCUT2D eigenvalue weighted by molar-refractivity contribution is 7.81. The van der Waals surface area contributed by atoms with E-state index in [1.807, 2.05) is 0 Å². The molecule has 3 nitrogen and oxygen atoms in total. The van der Waals surface area contributed by atoms with Crippen LogP contribution in [-0.2, 0) is 0 Å². The number of hydrogen-bond donors (Lipinski definition) is 1. The average molecular weight is 289 g/mol. The zero-order valence-electron chi connectivity index (χ0n) is 8.73. The van der Waals surface area contributed by atoms with Gasteiger partial charge in [-0.2, -0.15) is 0 Å². The molecule has 0 fully saturated rings. The number of nitrogens with one attached hydrogen (secondary N) is 1. The van der Waals surface area contributed by atoms with E-state index in [2.05, 4.69) is 14.9 Å². The van der Waals surface area contributed by atoms with Crippen LogP contribution in [0.15, 0.2) is 24.3 Å². The summed E-state index contributed by atoms with van der Waals surface area (Å²) in [5, 5.41) is 5.98. The number of alkyl halides is 2. The Kier molecular flexibility index (Phi) is 3.87. The lowest BCUT2D eigenvalue weighted by atomic mass is 10.3. The third-order valence-corrected chi connectivity index (χ3v) is 3.20. The second kappa shape index (κ2) is 5.40. The molecule has 94 valence electrons. The summed E-state index contributed by atoms with van der Waals surface area (Å²) in [7, 11) is 0. The number of aromatic nitrogens is 2. The summed E-state index contributed by atoms with van der Waals surface area (Å²) >= 11 is 5.74. The zero-order chi connectivity index (χ0) is 13.1. The fourth-order valence-corrected chi connectivity index (χ4v) is 2.15. The molecule has 0 unspecified atom stereocenters. The van der Waals surface area contributed by atoms with Crippen LogP contribution in [0, 0.1) is 5.82 Å². The summed E-state index contributed by atoms with van der Waals surface area (Å²) < 4.78 is 41.5.